The van der Waals surface area contributed by atoms with E-state index in [0.29, 0.717) is 34.2 Å². The molecule has 0 spiro atoms. The van der Waals surface area contributed by atoms with Crippen LogP contribution in [0.3, 0.4) is 0 Å². The van der Waals surface area contributed by atoms with Gasteiger partial charge in [0.25, 0.3) is 0 Å². The first-order valence-electron chi connectivity index (χ1n) is 11.8. The average Bonchev–Trinajstić information content (AvgIpc) is 3.26. The Labute approximate surface area is 259 Å². The van der Waals surface area contributed by atoms with Gasteiger partial charge in [0.1, 0.15) is 5.82 Å². The number of hydrogen-bond donors (Lipinski definition) is 1. The summed E-state index contributed by atoms with van der Waals surface area (Å²) in [5.74, 6) is 0.562. The summed E-state index contributed by atoms with van der Waals surface area (Å²) in [5, 5.41) is -0.416. The van der Waals surface area contributed by atoms with Crippen molar-refractivity contribution in [1.82, 2.24) is 9.55 Å². The number of amides is 1. The quantitative estimate of drug-likeness (QED) is 0.245. The number of alkyl halides is 3. The van der Waals surface area contributed by atoms with Crippen molar-refractivity contribution in [2.75, 3.05) is 10.9 Å². The summed E-state index contributed by atoms with van der Waals surface area (Å²) in [6.07, 6.45) is -4.88. The summed E-state index contributed by atoms with van der Waals surface area (Å²) in [6.45, 7) is 2.03. The number of imidazole rings is 1. The molecule has 40 heavy (non-hydrogen) atoms. The van der Waals surface area contributed by atoms with Crippen LogP contribution in [0.25, 0.3) is 16.7 Å². The van der Waals surface area contributed by atoms with E-state index >= 15 is 0 Å². The van der Waals surface area contributed by atoms with Crippen molar-refractivity contribution >= 4 is 45.7 Å². The van der Waals surface area contributed by atoms with E-state index in [2.05, 4.69) is 4.98 Å². The number of aryl methyl sites for hydroxylation is 1. The van der Waals surface area contributed by atoms with Gasteiger partial charge in [0, 0.05) is 25.1 Å². The van der Waals surface area contributed by atoms with Crippen LogP contribution in [0.4, 0.5) is 23.7 Å². The van der Waals surface area contributed by atoms with Crippen molar-refractivity contribution in [1.29, 1.82) is 0 Å². The van der Waals surface area contributed by atoms with E-state index in [1.54, 1.807) is 41.0 Å². The predicted molar refractivity (Wildman–Crippen MR) is 142 cm³/mol. The number of anilines is 1. The van der Waals surface area contributed by atoms with Gasteiger partial charge in [-0.2, -0.15) is 13.2 Å². The van der Waals surface area contributed by atoms with Crippen LogP contribution in [0.1, 0.15) is 30.9 Å². The summed E-state index contributed by atoms with van der Waals surface area (Å²) < 4.78 is 70.6. The molecule has 0 aliphatic rings. The fraction of sp³-hybridized carbons (Fsp3) is 0.231. The first-order valence-corrected chi connectivity index (χ1v) is 13.2. The maximum absolute atomic E-state index is 13.3. The third-order valence-electron chi connectivity index (χ3n) is 5.97. The minimum atomic E-state index is -4.60. The zero-order valence-corrected chi connectivity index (χ0v) is 25.1. The van der Waals surface area contributed by atoms with Gasteiger partial charge < -0.3 is 16.4 Å². The number of fused-ring (bicyclic) bond motifs is 1. The molecule has 1 amide bonds. The Kier molecular flexibility index (Phi) is 10.8. The molecule has 0 radical (unpaired) electrons. The molecule has 0 aliphatic heterocycles. The molecule has 4 rings (SSSR count). The van der Waals surface area contributed by atoms with Crippen LogP contribution in [0, 0.1) is 0 Å². The maximum atomic E-state index is 13.3. The number of rotatable bonds is 8. The molecule has 208 valence electrons. The first kappa shape index (κ1) is 32.1. The van der Waals surface area contributed by atoms with Crippen molar-refractivity contribution in [3.8, 4) is 5.69 Å². The molecule has 1 atom stereocenters. The molecule has 14 heteroatoms. The summed E-state index contributed by atoms with van der Waals surface area (Å²) in [6, 6.07) is 15.4. The predicted octanol–water partition coefficient (Wildman–Crippen LogP) is 2.82. The van der Waals surface area contributed by atoms with Crippen molar-refractivity contribution in [2.45, 2.75) is 32.5 Å². The van der Waals surface area contributed by atoms with Crippen LogP contribution in [0.2, 0.25) is 5.02 Å². The van der Waals surface area contributed by atoms with Crippen LogP contribution in [-0.4, -0.2) is 31.0 Å². The van der Waals surface area contributed by atoms with Gasteiger partial charge in [0.2, 0.25) is 0 Å². The number of nitrogens with two attached hydrogens (primary N) is 1. The van der Waals surface area contributed by atoms with E-state index in [0.717, 1.165) is 17.2 Å². The molecule has 1 aromatic heterocycles. The number of nitrogens with zero attached hydrogens (tertiary/aromatic N) is 3. The molecular formula is C26H24ClF3N4NaO4S-. The number of carbonyl (C=O) groups is 1. The van der Waals surface area contributed by atoms with E-state index in [-0.39, 0.29) is 55.3 Å². The monoisotopic (exact) mass is 603 g/mol. The molecule has 0 bridgehead atoms. The van der Waals surface area contributed by atoms with E-state index in [1.807, 2.05) is 6.92 Å². The third kappa shape index (κ3) is 7.06. The Balaban J connectivity index is 0.00000294. The van der Waals surface area contributed by atoms with E-state index in [4.69, 9.17) is 22.1 Å². The van der Waals surface area contributed by atoms with Crippen LogP contribution < -0.4 is 39.6 Å². The standard InChI is InChI=1S/C26H24ClF3N4O4S.Na.H/c1-2-24-32-22-13-20(26(28,29)30)21(27)14-23(22)33(24)18-7-3-16(4-8-18)11-12-38-25(35)34(39(36)37)19-9-5-17(15-31)6-10-19;;/h3-10,13-14H,2,11-12,15,31H2,1H3,(H,36,37);;/q;+1;-1/p-1. The number of carbonyl (C=O) groups excluding carboxylic acids is 1. The molecule has 3 aromatic carbocycles. The molecule has 0 aliphatic carbocycles. The molecule has 8 nitrogen and oxygen atoms in total. The molecule has 0 saturated heterocycles. The molecule has 0 saturated carbocycles. The number of ether oxygens (including phenoxy) is 1. The van der Waals surface area contributed by atoms with Gasteiger partial charge in [-0.3, -0.25) is 8.78 Å². The van der Waals surface area contributed by atoms with Gasteiger partial charge in [0.05, 0.1) is 45.2 Å². The van der Waals surface area contributed by atoms with Gasteiger partial charge in [-0.15, -0.1) is 0 Å². The topological polar surface area (TPSA) is 114 Å². The Morgan fingerprint density at radius 3 is 2.33 bits per heavy atom. The second kappa shape index (κ2) is 13.5. The second-order valence-corrected chi connectivity index (χ2v) is 9.65. The van der Waals surface area contributed by atoms with Crippen LogP contribution in [0.15, 0.2) is 60.7 Å². The summed E-state index contributed by atoms with van der Waals surface area (Å²) in [7, 11) is 0. The zero-order chi connectivity index (χ0) is 28.3. The van der Waals surface area contributed by atoms with Crippen molar-refractivity contribution in [3.05, 3.63) is 88.2 Å². The molecular weight excluding hydrogens is 580 g/mol. The third-order valence-corrected chi connectivity index (χ3v) is 6.94. The molecule has 0 fully saturated rings. The smallest absolute Gasteiger partial charge is 1.00 e. The molecule has 4 aromatic rings. The number of halogens is 4. The fourth-order valence-electron chi connectivity index (χ4n) is 4.04. The Bertz CT molecular complexity index is 1520. The minimum Gasteiger partial charge on any atom is -1.00 e. The number of aromatic nitrogens is 2. The van der Waals surface area contributed by atoms with Crippen molar-refractivity contribution in [3.63, 3.8) is 0 Å². The summed E-state index contributed by atoms with van der Waals surface area (Å²) in [5.41, 5.74) is 7.57. The largest absolute Gasteiger partial charge is 1.00 e. The van der Waals surface area contributed by atoms with Crippen LogP contribution >= 0.6 is 11.6 Å². The molecule has 1 unspecified atom stereocenters. The van der Waals surface area contributed by atoms with Crippen molar-refractivity contribution < 1.29 is 62.4 Å². The van der Waals surface area contributed by atoms with Gasteiger partial charge in [0.15, 0.2) is 0 Å². The number of hydrogen-bond acceptors (Lipinski definition) is 6. The van der Waals surface area contributed by atoms with Gasteiger partial charge in [-0.1, -0.05) is 42.8 Å². The number of benzene rings is 3. The summed E-state index contributed by atoms with van der Waals surface area (Å²) in [4.78, 5) is 16.8. The summed E-state index contributed by atoms with van der Waals surface area (Å²) >= 11 is 3.06. The second-order valence-electron chi connectivity index (χ2n) is 8.45. The van der Waals surface area contributed by atoms with Crippen LogP contribution in [0.5, 0.6) is 0 Å². The Morgan fingerprint density at radius 1 is 1.15 bits per heavy atom. The first-order chi connectivity index (χ1) is 18.5. The van der Waals surface area contributed by atoms with Gasteiger partial charge in [-0.05, 0) is 47.5 Å². The average molecular weight is 604 g/mol. The van der Waals surface area contributed by atoms with Gasteiger partial charge in [-0.25, -0.2) is 14.1 Å². The Hall–Kier alpha value is -2.45. The van der Waals surface area contributed by atoms with E-state index in [1.165, 1.54) is 18.2 Å². The SMILES string of the molecule is CCc1nc2cc(C(F)(F)F)c(Cl)cc2n1-c1ccc(CCOC(=O)N(c2ccc(CN)cc2)S(=O)[O-])cc1.[H-].[Na+]. The molecule has 2 N–H and O–H groups in total. The normalized spacial score (nSPS) is 12.2. The van der Waals surface area contributed by atoms with Crippen molar-refractivity contribution in [2.24, 2.45) is 5.73 Å². The maximum Gasteiger partial charge on any atom is 1.00 e. The zero-order valence-electron chi connectivity index (χ0n) is 22.6. The van der Waals surface area contributed by atoms with E-state index < -0.39 is 34.1 Å². The minimum absolute atomic E-state index is 0. The van der Waals surface area contributed by atoms with Crippen LogP contribution in [-0.2, 0) is 41.6 Å². The molecule has 1 heterocycles. The van der Waals surface area contributed by atoms with E-state index in [9.17, 15) is 26.7 Å². The fourth-order valence-corrected chi connectivity index (χ4v) is 4.77. The van der Waals surface area contributed by atoms with Gasteiger partial charge >= 0.3 is 41.8 Å². The Morgan fingerprint density at radius 2 is 1.77 bits per heavy atom.